The van der Waals surface area contributed by atoms with Crippen molar-refractivity contribution in [3.63, 3.8) is 0 Å². The molecule has 34 heavy (non-hydrogen) atoms. The Labute approximate surface area is 201 Å². The third kappa shape index (κ3) is 5.42. The van der Waals surface area contributed by atoms with Gasteiger partial charge in [-0.05, 0) is 63.7 Å². The minimum Gasteiger partial charge on any atom is -0.376 e. The van der Waals surface area contributed by atoms with Gasteiger partial charge in [0.1, 0.15) is 5.69 Å². The summed E-state index contributed by atoms with van der Waals surface area (Å²) in [6, 6.07) is 6.09. The van der Waals surface area contributed by atoms with E-state index in [9.17, 15) is 13.2 Å². The number of sulfonamides is 1. The molecule has 0 unspecified atom stereocenters. The van der Waals surface area contributed by atoms with Gasteiger partial charge in [0.25, 0.3) is 0 Å². The lowest BCUT2D eigenvalue weighted by molar-refractivity contribution is -0.126. The van der Waals surface area contributed by atoms with Gasteiger partial charge in [0, 0.05) is 26.2 Å². The maximum absolute atomic E-state index is 13.6. The number of nitrogens with zero attached hydrogens (tertiary/aromatic N) is 2. The highest BCUT2D eigenvalue weighted by atomic mass is 32.2. The van der Waals surface area contributed by atoms with Crippen LogP contribution in [0.3, 0.4) is 0 Å². The molecule has 2 saturated heterocycles. The van der Waals surface area contributed by atoms with Crippen LogP contribution >= 0.6 is 0 Å². The molecule has 2 fully saturated rings. The lowest BCUT2D eigenvalue weighted by atomic mass is 9.99. The van der Waals surface area contributed by atoms with Crippen LogP contribution in [0.2, 0.25) is 0 Å². The molecule has 9 heteroatoms. The first kappa shape index (κ1) is 24.6. The van der Waals surface area contributed by atoms with E-state index in [-0.39, 0.29) is 35.1 Å². The SMILES string of the molecule is Cc1ccc(C)c(/C=C/c2onc(C)c2S(=O)(=O)N2CCC[C@H](C(=O)NC[C@H]3CCCO3)C2)c1. The molecule has 1 aromatic heterocycles. The number of carbonyl (C=O) groups excluding carboxylic acids is 1. The first-order valence-electron chi connectivity index (χ1n) is 11.9. The summed E-state index contributed by atoms with van der Waals surface area (Å²) >= 11 is 0. The maximum Gasteiger partial charge on any atom is 0.248 e. The molecule has 2 aliphatic rings. The van der Waals surface area contributed by atoms with Crippen LogP contribution in [0.4, 0.5) is 0 Å². The highest BCUT2D eigenvalue weighted by Crippen LogP contribution is 2.29. The molecule has 0 saturated carbocycles. The summed E-state index contributed by atoms with van der Waals surface area (Å²) < 4.78 is 39.5. The fraction of sp³-hybridized carbons (Fsp3) is 0.520. The van der Waals surface area contributed by atoms with Crippen molar-refractivity contribution in [1.82, 2.24) is 14.8 Å². The topological polar surface area (TPSA) is 102 Å². The third-order valence-electron chi connectivity index (χ3n) is 6.56. The molecular weight excluding hydrogens is 454 g/mol. The Morgan fingerprint density at radius 3 is 2.79 bits per heavy atom. The maximum atomic E-state index is 13.6. The van der Waals surface area contributed by atoms with Gasteiger partial charge in [-0.15, -0.1) is 0 Å². The largest absolute Gasteiger partial charge is 0.376 e. The van der Waals surface area contributed by atoms with Crippen molar-refractivity contribution in [1.29, 1.82) is 0 Å². The first-order valence-corrected chi connectivity index (χ1v) is 13.3. The van der Waals surface area contributed by atoms with Crippen LogP contribution in [0.5, 0.6) is 0 Å². The van der Waals surface area contributed by atoms with E-state index in [4.69, 9.17) is 9.26 Å². The quantitative estimate of drug-likeness (QED) is 0.642. The second-order valence-electron chi connectivity index (χ2n) is 9.24. The van der Waals surface area contributed by atoms with Gasteiger partial charge in [-0.25, -0.2) is 8.42 Å². The van der Waals surface area contributed by atoms with E-state index >= 15 is 0 Å². The molecule has 184 valence electrons. The summed E-state index contributed by atoms with van der Waals surface area (Å²) in [5.74, 6) is -0.310. The highest BCUT2D eigenvalue weighted by Gasteiger charge is 2.37. The molecule has 0 bridgehead atoms. The van der Waals surface area contributed by atoms with Crippen molar-refractivity contribution in [2.24, 2.45) is 5.92 Å². The van der Waals surface area contributed by atoms with Crippen molar-refractivity contribution < 1.29 is 22.5 Å². The molecule has 2 aliphatic heterocycles. The molecule has 0 radical (unpaired) electrons. The summed E-state index contributed by atoms with van der Waals surface area (Å²) in [5.41, 5.74) is 3.49. The Balaban J connectivity index is 1.50. The molecule has 2 aromatic rings. The number of nitrogens with one attached hydrogen (secondary N) is 1. The smallest absolute Gasteiger partial charge is 0.248 e. The number of aryl methyl sites for hydroxylation is 3. The van der Waals surface area contributed by atoms with Gasteiger partial charge < -0.3 is 14.6 Å². The minimum absolute atomic E-state index is 0.0541. The van der Waals surface area contributed by atoms with E-state index in [1.807, 2.05) is 38.1 Å². The van der Waals surface area contributed by atoms with Crippen LogP contribution in [-0.2, 0) is 19.6 Å². The van der Waals surface area contributed by atoms with E-state index < -0.39 is 10.0 Å². The van der Waals surface area contributed by atoms with E-state index in [1.54, 1.807) is 13.0 Å². The summed E-state index contributed by atoms with van der Waals surface area (Å²) in [6.07, 6.45) is 6.79. The molecule has 0 aliphatic carbocycles. The van der Waals surface area contributed by atoms with Gasteiger partial charge >= 0.3 is 0 Å². The number of benzene rings is 1. The van der Waals surface area contributed by atoms with E-state index in [1.165, 1.54) is 4.31 Å². The number of carbonyl (C=O) groups is 1. The van der Waals surface area contributed by atoms with Crippen LogP contribution in [0.1, 0.15) is 53.8 Å². The van der Waals surface area contributed by atoms with Gasteiger partial charge in [0.15, 0.2) is 10.7 Å². The number of ether oxygens (including phenoxy) is 1. The normalized spacial score (nSPS) is 21.9. The molecular formula is C25H33N3O5S. The zero-order chi connectivity index (χ0) is 24.3. The Hall–Kier alpha value is -2.49. The van der Waals surface area contributed by atoms with Gasteiger partial charge in [-0.3, -0.25) is 4.79 Å². The summed E-state index contributed by atoms with van der Waals surface area (Å²) in [5, 5.41) is 6.88. The Kier molecular flexibility index (Phi) is 7.54. The number of piperidine rings is 1. The number of hydrogen-bond acceptors (Lipinski definition) is 6. The van der Waals surface area contributed by atoms with Crippen molar-refractivity contribution >= 4 is 28.1 Å². The number of aromatic nitrogens is 1. The zero-order valence-corrected chi connectivity index (χ0v) is 20.9. The number of amides is 1. The average molecular weight is 488 g/mol. The Morgan fingerprint density at radius 2 is 2.03 bits per heavy atom. The first-order chi connectivity index (χ1) is 16.3. The fourth-order valence-corrected chi connectivity index (χ4v) is 6.35. The fourth-order valence-electron chi connectivity index (χ4n) is 4.57. The van der Waals surface area contributed by atoms with Crippen LogP contribution in [-0.4, -0.2) is 56.1 Å². The van der Waals surface area contributed by atoms with Gasteiger partial charge in [0.05, 0.1) is 12.0 Å². The van der Waals surface area contributed by atoms with Gasteiger partial charge in [-0.2, -0.15) is 4.31 Å². The lowest BCUT2D eigenvalue weighted by Crippen LogP contribution is -2.46. The van der Waals surface area contributed by atoms with Crippen molar-refractivity contribution in [3.05, 3.63) is 46.3 Å². The number of hydrogen-bond donors (Lipinski definition) is 1. The average Bonchev–Trinajstić information content (AvgIpc) is 3.48. The second kappa shape index (κ2) is 10.4. The Bertz CT molecular complexity index is 1170. The lowest BCUT2D eigenvalue weighted by Gasteiger charge is -2.31. The van der Waals surface area contributed by atoms with E-state index in [0.29, 0.717) is 31.6 Å². The van der Waals surface area contributed by atoms with Gasteiger partial charge in [0.2, 0.25) is 15.9 Å². The minimum atomic E-state index is -3.88. The predicted molar refractivity (Wildman–Crippen MR) is 130 cm³/mol. The van der Waals surface area contributed by atoms with Crippen molar-refractivity contribution in [2.75, 3.05) is 26.2 Å². The van der Waals surface area contributed by atoms with Crippen LogP contribution in [0.15, 0.2) is 27.6 Å². The molecule has 1 N–H and O–H groups in total. The molecule has 1 amide bonds. The number of rotatable bonds is 7. The van der Waals surface area contributed by atoms with Crippen molar-refractivity contribution in [2.45, 2.75) is 57.5 Å². The summed E-state index contributed by atoms with van der Waals surface area (Å²) in [4.78, 5) is 12.8. The zero-order valence-electron chi connectivity index (χ0n) is 20.0. The Morgan fingerprint density at radius 1 is 1.21 bits per heavy atom. The molecule has 8 nitrogen and oxygen atoms in total. The van der Waals surface area contributed by atoms with E-state index in [2.05, 4.69) is 10.5 Å². The highest BCUT2D eigenvalue weighted by molar-refractivity contribution is 7.89. The third-order valence-corrected chi connectivity index (χ3v) is 8.59. The predicted octanol–water partition coefficient (Wildman–Crippen LogP) is 3.47. The monoisotopic (exact) mass is 487 g/mol. The van der Waals surface area contributed by atoms with E-state index in [0.717, 1.165) is 36.1 Å². The molecule has 0 spiro atoms. The molecule has 4 rings (SSSR count). The van der Waals surface area contributed by atoms with Crippen LogP contribution in [0.25, 0.3) is 12.2 Å². The molecule has 2 atom stereocenters. The standard InChI is InChI=1S/C25H33N3O5S/c1-17-8-9-18(2)20(14-17)10-11-23-24(19(3)27-33-23)34(30,31)28-12-4-6-21(16-28)25(29)26-15-22-7-5-13-32-22/h8-11,14,21-22H,4-7,12-13,15-16H2,1-3H3,(H,26,29)/b11-10+/t21-,22+/m0/s1. The van der Waals surface area contributed by atoms with Gasteiger partial charge in [-0.1, -0.05) is 35.0 Å². The summed E-state index contributed by atoms with van der Waals surface area (Å²) in [7, 11) is -3.88. The molecule has 3 heterocycles. The van der Waals surface area contributed by atoms with Crippen LogP contribution in [0, 0.1) is 26.7 Å². The van der Waals surface area contributed by atoms with Crippen LogP contribution < -0.4 is 5.32 Å². The summed E-state index contributed by atoms with van der Waals surface area (Å²) in [6.45, 7) is 7.35. The molecule has 1 aromatic carbocycles. The van der Waals surface area contributed by atoms with Crippen molar-refractivity contribution in [3.8, 4) is 0 Å². The second-order valence-corrected chi connectivity index (χ2v) is 11.1.